The summed E-state index contributed by atoms with van der Waals surface area (Å²) in [6.45, 7) is 3.95. The Hall–Kier alpha value is -4.38. The van der Waals surface area contributed by atoms with Gasteiger partial charge in [-0.3, -0.25) is 9.59 Å². The molecule has 0 spiro atoms. The Balaban J connectivity index is 1.42. The maximum Gasteiger partial charge on any atom is 0.315 e. The lowest BCUT2D eigenvalue weighted by molar-refractivity contribution is -0.129. The van der Waals surface area contributed by atoms with E-state index in [0.717, 1.165) is 43.6 Å². The number of fused-ring (bicyclic) bond motifs is 3. The van der Waals surface area contributed by atoms with Gasteiger partial charge in [-0.2, -0.15) is 0 Å². The van der Waals surface area contributed by atoms with Crippen molar-refractivity contribution in [1.29, 1.82) is 0 Å². The van der Waals surface area contributed by atoms with Gasteiger partial charge in [0.15, 0.2) is 0 Å². The van der Waals surface area contributed by atoms with Crippen LogP contribution in [0.25, 0.3) is 21.9 Å². The number of thioether (sulfide) groups is 1. The molecule has 4 amide bonds. The zero-order valence-corrected chi connectivity index (χ0v) is 25.6. The molecular formula is C34H37N5O4S. The van der Waals surface area contributed by atoms with Crippen molar-refractivity contribution in [1.82, 2.24) is 16.0 Å². The number of aliphatic hydroxyl groups is 1. The summed E-state index contributed by atoms with van der Waals surface area (Å²) in [4.78, 5) is 41.6. The summed E-state index contributed by atoms with van der Waals surface area (Å²) < 4.78 is 0. The molecule has 1 atom stereocenters. The first kappa shape index (κ1) is 31.1. The van der Waals surface area contributed by atoms with Crippen molar-refractivity contribution in [2.75, 3.05) is 23.8 Å². The van der Waals surface area contributed by atoms with Gasteiger partial charge in [-0.05, 0) is 52.9 Å². The lowest BCUT2D eigenvalue weighted by Crippen LogP contribution is -2.56. The van der Waals surface area contributed by atoms with E-state index in [-0.39, 0.29) is 31.0 Å². The van der Waals surface area contributed by atoms with E-state index < -0.39 is 11.6 Å². The molecule has 4 aromatic carbocycles. The van der Waals surface area contributed by atoms with Crippen LogP contribution in [0.2, 0.25) is 0 Å². The van der Waals surface area contributed by atoms with E-state index in [1.807, 2.05) is 72.8 Å². The predicted octanol–water partition coefficient (Wildman–Crippen LogP) is 4.16. The Labute approximate surface area is 261 Å². The van der Waals surface area contributed by atoms with Gasteiger partial charge >= 0.3 is 6.03 Å². The van der Waals surface area contributed by atoms with Crippen LogP contribution >= 0.6 is 11.8 Å². The maximum atomic E-state index is 14.0. The number of amides is 4. The predicted molar refractivity (Wildman–Crippen MR) is 175 cm³/mol. The van der Waals surface area contributed by atoms with Crippen LogP contribution in [-0.4, -0.2) is 53.4 Å². The fraction of sp³-hybridized carbons (Fsp3) is 0.265. The lowest BCUT2D eigenvalue weighted by atomic mass is 9.98. The fourth-order valence-corrected chi connectivity index (χ4v) is 6.31. The number of hydrogen-bond acceptors (Lipinski definition) is 6. The van der Waals surface area contributed by atoms with E-state index in [4.69, 9.17) is 10.8 Å². The van der Waals surface area contributed by atoms with Crippen LogP contribution in [0.5, 0.6) is 0 Å². The summed E-state index contributed by atoms with van der Waals surface area (Å²) in [6.07, 6.45) is 0. The van der Waals surface area contributed by atoms with Gasteiger partial charge in [-0.1, -0.05) is 78.9 Å². The van der Waals surface area contributed by atoms with Crippen LogP contribution in [0.15, 0.2) is 89.8 Å². The molecule has 5 rings (SSSR count). The monoisotopic (exact) mass is 611 g/mol. The number of benzene rings is 4. The molecule has 4 aromatic rings. The van der Waals surface area contributed by atoms with Crippen LogP contribution in [-0.2, 0) is 22.7 Å². The molecule has 0 aliphatic carbocycles. The van der Waals surface area contributed by atoms with Crippen LogP contribution < -0.4 is 26.6 Å². The van der Waals surface area contributed by atoms with Gasteiger partial charge in [0.1, 0.15) is 6.04 Å². The summed E-state index contributed by atoms with van der Waals surface area (Å²) >= 11 is 1.57. The Morgan fingerprint density at radius 1 is 0.977 bits per heavy atom. The Kier molecular flexibility index (Phi) is 9.53. The number of anilines is 1. The zero-order valence-electron chi connectivity index (χ0n) is 24.8. The van der Waals surface area contributed by atoms with Crippen molar-refractivity contribution in [2.24, 2.45) is 5.73 Å². The first-order chi connectivity index (χ1) is 21.2. The fourth-order valence-electron chi connectivity index (χ4n) is 5.09. The second kappa shape index (κ2) is 13.5. The Bertz CT molecular complexity index is 1670. The molecule has 0 fully saturated rings. The zero-order chi connectivity index (χ0) is 31.3. The molecule has 0 aromatic heterocycles. The SMILES string of the molecule is CC(C)(N)C(=O)N[C@@H]1CSc2c(ccc3ccccc23)N(Cc2ccc(-c3ccccc3CNC(=O)NCCO)cc2)C1=O. The van der Waals surface area contributed by atoms with Crippen LogP contribution in [0, 0.1) is 0 Å². The van der Waals surface area contributed by atoms with Gasteiger partial charge in [-0.25, -0.2) is 4.79 Å². The number of carbonyl (C=O) groups excluding carboxylic acids is 3. The van der Waals surface area contributed by atoms with Gasteiger partial charge < -0.3 is 31.7 Å². The number of aliphatic hydroxyl groups excluding tert-OH is 1. The summed E-state index contributed by atoms with van der Waals surface area (Å²) in [5.41, 5.74) is 9.56. The first-order valence-corrected chi connectivity index (χ1v) is 15.5. The largest absolute Gasteiger partial charge is 0.395 e. The van der Waals surface area contributed by atoms with Crippen molar-refractivity contribution >= 4 is 46.1 Å². The first-order valence-electron chi connectivity index (χ1n) is 14.5. The standard InChI is InChI=1S/C34H37N5O4S/c1-34(2,35)32(42)38-28-21-44-30-27-10-6-3-7-23(27)15-16-29(30)39(31(28)41)20-22-11-13-24(14-12-22)26-9-5-4-8-25(26)19-37-33(43)36-17-18-40/h3-16,28,40H,17-21,35H2,1-2H3,(H,38,42)(H2,36,37,43)/t28-/m1/s1. The second-order valence-electron chi connectivity index (χ2n) is 11.3. The molecular weight excluding hydrogens is 574 g/mol. The van der Waals surface area contributed by atoms with Gasteiger partial charge in [0, 0.05) is 23.7 Å². The molecule has 1 aliphatic rings. The molecule has 1 aliphatic heterocycles. The van der Waals surface area contributed by atoms with Gasteiger partial charge in [-0.15, -0.1) is 11.8 Å². The van der Waals surface area contributed by atoms with E-state index in [1.54, 1.807) is 30.5 Å². The Morgan fingerprint density at radius 2 is 1.70 bits per heavy atom. The minimum atomic E-state index is -1.12. The third-order valence-electron chi connectivity index (χ3n) is 7.46. The van der Waals surface area contributed by atoms with E-state index in [0.29, 0.717) is 18.8 Å². The smallest absolute Gasteiger partial charge is 0.315 e. The van der Waals surface area contributed by atoms with Gasteiger partial charge in [0.2, 0.25) is 5.91 Å². The minimum absolute atomic E-state index is 0.123. The molecule has 10 heteroatoms. The molecule has 0 saturated heterocycles. The number of hydrogen-bond donors (Lipinski definition) is 5. The molecule has 6 N–H and O–H groups in total. The molecule has 9 nitrogen and oxygen atoms in total. The third-order valence-corrected chi connectivity index (χ3v) is 8.68. The summed E-state index contributed by atoms with van der Waals surface area (Å²) in [5, 5.41) is 19.4. The van der Waals surface area contributed by atoms with Crippen molar-refractivity contribution in [2.45, 2.75) is 43.4 Å². The van der Waals surface area contributed by atoms with Gasteiger partial charge in [0.05, 0.1) is 24.4 Å². The number of nitrogens with one attached hydrogen (secondary N) is 3. The van der Waals surface area contributed by atoms with E-state index >= 15 is 0 Å². The number of urea groups is 1. The average Bonchev–Trinajstić information content (AvgIpc) is 3.15. The van der Waals surface area contributed by atoms with Crippen molar-refractivity contribution in [3.63, 3.8) is 0 Å². The minimum Gasteiger partial charge on any atom is -0.395 e. The molecule has 0 bridgehead atoms. The Morgan fingerprint density at radius 3 is 2.45 bits per heavy atom. The highest BCUT2D eigenvalue weighted by Crippen LogP contribution is 2.40. The topological polar surface area (TPSA) is 137 Å². The molecule has 0 unspecified atom stereocenters. The van der Waals surface area contributed by atoms with Crippen molar-refractivity contribution in [3.8, 4) is 11.1 Å². The second-order valence-corrected chi connectivity index (χ2v) is 12.3. The third kappa shape index (κ3) is 7.05. The molecule has 44 heavy (non-hydrogen) atoms. The number of nitrogens with zero attached hydrogens (tertiary/aromatic N) is 1. The van der Waals surface area contributed by atoms with Crippen LogP contribution in [0.3, 0.4) is 0 Å². The summed E-state index contributed by atoms with van der Waals surface area (Å²) in [5.74, 6) is -0.181. The van der Waals surface area contributed by atoms with E-state index in [2.05, 4.69) is 28.1 Å². The summed E-state index contributed by atoms with van der Waals surface area (Å²) in [7, 11) is 0. The summed E-state index contributed by atoms with van der Waals surface area (Å²) in [6, 6.07) is 26.9. The van der Waals surface area contributed by atoms with Crippen molar-refractivity contribution < 1.29 is 19.5 Å². The number of nitrogens with two attached hydrogens (primary N) is 1. The molecule has 0 saturated carbocycles. The highest BCUT2D eigenvalue weighted by atomic mass is 32.2. The van der Waals surface area contributed by atoms with E-state index in [1.165, 1.54) is 0 Å². The molecule has 1 heterocycles. The van der Waals surface area contributed by atoms with Gasteiger partial charge in [0.25, 0.3) is 5.91 Å². The lowest BCUT2D eigenvalue weighted by Gasteiger charge is -2.28. The van der Waals surface area contributed by atoms with Crippen molar-refractivity contribution in [3.05, 3.63) is 96.1 Å². The highest BCUT2D eigenvalue weighted by Gasteiger charge is 2.35. The number of rotatable bonds is 9. The average molecular weight is 612 g/mol. The molecule has 228 valence electrons. The quantitative estimate of drug-likeness (QED) is 0.193. The number of carbonyl (C=O) groups is 3. The maximum absolute atomic E-state index is 14.0. The normalized spacial score (nSPS) is 15.0. The highest BCUT2D eigenvalue weighted by molar-refractivity contribution is 7.99. The van der Waals surface area contributed by atoms with Crippen LogP contribution in [0.4, 0.5) is 10.5 Å². The van der Waals surface area contributed by atoms with Crippen LogP contribution in [0.1, 0.15) is 25.0 Å². The van der Waals surface area contributed by atoms with E-state index in [9.17, 15) is 14.4 Å². The molecule has 0 radical (unpaired) electrons.